The molecule has 2 N–H and O–H groups in total. The topological polar surface area (TPSA) is 95.7 Å². The molecule has 2 aromatic heterocycles. The number of nitrogens with two attached hydrogens (primary N) is 1. The van der Waals surface area contributed by atoms with Gasteiger partial charge in [0, 0.05) is 18.4 Å². The summed E-state index contributed by atoms with van der Waals surface area (Å²) >= 11 is 1.51. The first-order valence-corrected chi connectivity index (χ1v) is 5.79. The van der Waals surface area contributed by atoms with Crippen LogP contribution in [0.2, 0.25) is 0 Å². The molecule has 0 bridgehead atoms. The largest absolute Gasteiger partial charge is 0.361 e. The van der Waals surface area contributed by atoms with E-state index in [1.165, 1.54) is 11.8 Å². The van der Waals surface area contributed by atoms with Gasteiger partial charge in [0.2, 0.25) is 5.16 Å². The SMILES string of the molecule is Cc1cc(CSc2nnnn2CCN)no1. The second-order valence-electron chi connectivity index (χ2n) is 3.19. The molecule has 0 amide bonds. The molecule has 8 heteroatoms. The lowest BCUT2D eigenvalue weighted by atomic mass is 10.4. The van der Waals surface area contributed by atoms with Gasteiger partial charge >= 0.3 is 0 Å². The number of aromatic nitrogens is 5. The third kappa shape index (κ3) is 2.58. The minimum atomic E-state index is 0.516. The Morgan fingerprint density at radius 2 is 2.44 bits per heavy atom. The van der Waals surface area contributed by atoms with E-state index >= 15 is 0 Å². The molecule has 0 aliphatic carbocycles. The van der Waals surface area contributed by atoms with Gasteiger partial charge in [0.25, 0.3) is 0 Å². The van der Waals surface area contributed by atoms with Crippen LogP contribution in [0.4, 0.5) is 0 Å². The van der Waals surface area contributed by atoms with Crippen molar-refractivity contribution in [2.45, 2.75) is 24.4 Å². The van der Waals surface area contributed by atoms with E-state index in [-0.39, 0.29) is 0 Å². The van der Waals surface area contributed by atoms with Crippen molar-refractivity contribution in [3.8, 4) is 0 Å². The summed E-state index contributed by atoms with van der Waals surface area (Å²) < 4.78 is 6.65. The van der Waals surface area contributed by atoms with E-state index in [0.29, 0.717) is 18.8 Å². The standard InChI is InChI=1S/C8H12N6OS/c1-6-4-7(11-15-6)5-16-8-10-12-13-14(8)3-2-9/h4H,2-3,5,9H2,1H3. The van der Waals surface area contributed by atoms with Gasteiger partial charge in [0.15, 0.2) is 0 Å². The Kier molecular flexibility index (Phi) is 3.52. The predicted octanol–water partition coefficient (Wildman–Crippen LogP) is 0.221. The maximum Gasteiger partial charge on any atom is 0.209 e. The van der Waals surface area contributed by atoms with Gasteiger partial charge in [-0.1, -0.05) is 16.9 Å². The fourth-order valence-corrected chi connectivity index (χ4v) is 1.97. The molecule has 0 fully saturated rings. The molecular formula is C8H12N6OS. The molecule has 0 spiro atoms. The van der Waals surface area contributed by atoms with E-state index in [1.807, 2.05) is 13.0 Å². The Morgan fingerprint density at radius 1 is 1.56 bits per heavy atom. The second kappa shape index (κ2) is 5.08. The van der Waals surface area contributed by atoms with Crippen molar-refractivity contribution in [3.63, 3.8) is 0 Å². The Morgan fingerprint density at radius 3 is 3.12 bits per heavy atom. The Labute approximate surface area is 96.4 Å². The molecule has 2 aromatic rings. The van der Waals surface area contributed by atoms with Crippen LogP contribution in [0.3, 0.4) is 0 Å². The number of nitrogens with zero attached hydrogens (tertiary/aromatic N) is 5. The first-order valence-electron chi connectivity index (χ1n) is 4.81. The summed E-state index contributed by atoms with van der Waals surface area (Å²) in [6.45, 7) is 2.99. The third-order valence-corrected chi connectivity index (χ3v) is 2.86. The Hall–Kier alpha value is -1.41. The van der Waals surface area contributed by atoms with Crippen molar-refractivity contribution in [1.29, 1.82) is 0 Å². The summed E-state index contributed by atoms with van der Waals surface area (Å²) in [6.07, 6.45) is 0. The second-order valence-corrected chi connectivity index (χ2v) is 4.13. The fourth-order valence-electron chi connectivity index (χ4n) is 1.19. The van der Waals surface area contributed by atoms with Crippen LogP contribution in [0.1, 0.15) is 11.5 Å². The van der Waals surface area contributed by atoms with Gasteiger partial charge in [0.05, 0.1) is 12.2 Å². The van der Waals surface area contributed by atoms with E-state index in [9.17, 15) is 0 Å². The number of rotatable bonds is 5. The van der Waals surface area contributed by atoms with E-state index in [1.54, 1.807) is 4.68 Å². The van der Waals surface area contributed by atoms with Crippen molar-refractivity contribution >= 4 is 11.8 Å². The first kappa shape index (κ1) is 11.1. The number of hydrogen-bond donors (Lipinski definition) is 1. The molecule has 0 saturated heterocycles. The van der Waals surface area contributed by atoms with Gasteiger partial charge in [0.1, 0.15) is 5.76 Å². The smallest absolute Gasteiger partial charge is 0.209 e. The first-order chi connectivity index (χ1) is 7.79. The van der Waals surface area contributed by atoms with Crippen molar-refractivity contribution < 1.29 is 4.52 Å². The lowest BCUT2D eigenvalue weighted by molar-refractivity contribution is 0.393. The van der Waals surface area contributed by atoms with E-state index < -0.39 is 0 Å². The number of thioether (sulfide) groups is 1. The molecule has 0 aromatic carbocycles. The van der Waals surface area contributed by atoms with Crippen molar-refractivity contribution in [3.05, 3.63) is 17.5 Å². The molecule has 0 unspecified atom stereocenters. The van der Waals surface area contributed by atoms with E-state index in [2.05, 4.69) is 20.7 Å². The molecule has 86 valence electrons. The molecule has 0 aliphatic rings. The Balaban J connectivity index is 1.96. The van der Waals surface area contributed by atoms with Crippen LogP contribution in [0.5, 0.6) is 0 Å². The van der Waals surface area contributed by atoms with Crippen LogP contribution < -0.4 is 5.73 Å². The summed E-state index contributed by atoms with van der Waals surface area (Å²) in [5, 5.41) is 16.0. The third-order valence-electron chi connectivity index (χ3n) is 1.87. The lowest BCUT2D eigenvalue weighted by Gasteiger charge is -1.99. The fraction of sp³-hybridized carbons (Fsp3) is 0.500. The molecule has 7 nitrogen and oxygen atoms in total. The molecule has 0 saturated carbocycles. The van der Waals surface area contributed by atoms with Crippen molar-refractivity contribution in [2.24, 2.45) is 5.73 Å². The molecule has 16 heavy (non-hydrogen) atoms. The van der Waals surface area contributed by atoms with Gasteiger partial charge in [-0.3, -0.25) is 0 Å². The maximum absolute atomic E-state index is 5.45. The molecular weight excluding hydrogens is 228 g/mol. The monoisotopic (exact) mass is 240 g/mol. The number of aryl methyl sites for hydroxylation is 1. The zero-order chi connectivity index (χ0) is 11.4. The van der Waals surface area contributed by atoms with Crippen molar-refractivity contribution in [2.75, 3.05) is 6.54 Å². The van der Waals surface area contributed by atoms with Crippen LogP contribution in [0, 0.1) is 6.92 Å². The highest BCUT2D eigenvalue weighted by Crippen LogP contribution is 2.19. The quantitative estimate of drug-likeness (QED) is 0.747. The summed E-state index contributed by atoms with van der Waals surface area (Å²) in [7, 11) is 0. The number of hydrogen-bond acceptors (Lipinski definition) is 7. The zero-order valence-corrected chi connectivity index (χ0v) is 9.65. The molecule has 2 rings (SSSR count). The van der Waals surface area contributed by atoms with Crippen LogP contribution in [0.25, 0.3) is 0 Å². The summed E-state index contributed by atoms with van der Waals surface area (Å²) in [5.41, 5.74) is 6.33. The predicted molar refractivity (Wildman–Crippen MR) is 57.7 cm³/mol. The minimum absolute atomic E-state index is 0.516. The van der Waals surface area contributed by atoms with Gasteiger partial charge in [-0.2, -0.15) is 0 Å². The van der Waals surface area contributed by atoms with Gasteiger partial charge in [-0.25, -0.2) is 4.68 Å². The van der Waals surface area contributed by atoms with Crippen LogP contribution in [-0.2, 0) is 12.3 Å². The highest BCUT2D eigenvalue weighted by atomic mass is 32.2. The van der Waals surface area contributed by atoms with Crippen LogP contribution in [-0.4, -0.2) is 31.9 Å². The van der Waals surface area contributed by atoms with E-state index in [0.717, 1.165) is 16.6 Å². The van der Waals surface area contributed by atoms with E-state index in [4.69, 9.17) is 10.3 Å². The Bertz CT molecular complexity index is 453. The van der Waals surface area contributed by atoms with Gasteiger partial charge in [-0.15, -0.1) is 5.10 Å². The molecule has 2 heterocycles. The summed E-state index contributed by atoms with van der Waals surface area (Å²) in [6, 6.07) is 1.89. The average molecular weight is 240 g/mol. The highest BCUT2D eigenvalue weighted by Gasteiger charge is 2.08. The summed E-state index contributed by atoms with van der Waals surface area (Å²) in [4.78, 5) is 0. The maximum atomic E-state index is 5.45. The molecule has 0 radical (unpaired) electrons. The van der Waals surface area contributed by atoms with Crippen molar-refractivity contribution in [1.82, 2.24) is 25.4 Å². The summed E-state index contributed by atoms with van der Waals surface area (Å²) in [5.74, 6) is 1.49. The lowest BCUT2D eigenvalue weighted by Crippen LogP contribution is -2.12. The zero-order valence-electron chi connectivity index (χ0n) is 8.83. The van der Waals surface area contributed by atoms with Crippen LogP contribution in [0.15, 0.2) is 15.7 Å². The van der Waals surface area contributed by atoms with Crippen LogP contribution >= 0.6 is 11.8 Å². The minimum Gasteiger partial charge on any atom is -0.361 e. The van der Waals surface area contributed by atoms with Gasteiger partial charge < -0.3 is 10.3 Å². The average Bonchev–Trinajstić information content (AvgIpc) is 2.85. The molecule has 0 aliphatic heterocycles. The normalized spacial score (nSPS) is 10.9. The van der Waals surface area contributed by atoms with Gasteiger partial charge in [-0.05, 0) is 17.4 Å². The molecule has 0 atom stereocenters. The number of tetrazole rings is 1. The highest BCUT2D eigenvalue weighted by molar-refractivity contribution is 7.98.